The molecule has 0 aromatic rings. The first kappa shape index (κ1) is 16.6. The molecule has 9 heteroatoms. The number of hydrogen-bond acceptors (Lipinski definition) is 6. The van der Waals surface area contributed by atoms with E-state index in [9.17, 15) is 24.0 Å². The second-order valence-corrected chi connectivity index (χ2v) is 4.39. The van der Waals surface area contributed by atoms with Gasteiger partial charge in [-0.2, -0.15) is 0 Å². The van der Waals surface area contributed by atoms with Crippen LogP contribution in [-0.4, -0.2) is 46.4 Å². The zero-order chi connectivity index (χ0) is 15.8. The van der Waals surface area contributed by atoms with Crippen molar-refractivity contribution in [1.82, 2.24) is 10.4 Å². The molecule has 0 bridgehead atoms. The van der Waals surface area contributed by atoms with Gasteiger partial charge in [-0.05, 0) is 6.42 Å². The van der Waals surface area contributed by atoms with E-state index in [1.54, 1.807) is 0 Å². The topological polar surface area (TPSA) is 130 Å². The fourth-order valence-electron chi connectivity index (χ4n) is 1.57. The summed E-state index contributed by atoms with van der Waals surface area (Å²) in [6, 6.07) is 0. The normalized spacial score (nSPS) is 14.2. The molecule has 9 nitrogen and oxygen atoms in total. The van der Waals surface area contributed by atoms with Crippen LogP contribution in [0.4, 0.5) is 0 Å². The lowest BCUT2D eigenvalue weighted by molar-refractivity contribution is -0.197. The molecule has 1 rings (SSSR count). The highest BCUT2D eigenvalue weighted by atomic mass is 16.7. The second kappa shape index (κ2) is 7.98. The summed E-state index contributed by atoms with van der Waals surface area (Å²) in [5.74, 6) is -3.31. The summed E-state index contributed by atoms with van der Waals surface area (Å²) in [5.41, 5.74) is 0. The average molecular weight is 300 g/mol. The minimum atomic E-state index is -1.06. The molecule has 2 N–H and O–H groups in total. The zero-order valence-electron chi connectivity index (χ0n) is 11.3. The second-order valence-electron chi connectivity index (χ2n) is 4.39. The molecule has 1 saturated heterocycles. The van der Waals surface area contributed by atoms with Crippen LogP contribution in [0.15, 0.2) is 0 Å². The Kier molecular flexibility index (Phi) is 6.31. The van der Waals surface area contributed by atoms with Gasteiger partial charge < -0.3 is 15.3 Å². The number of carbonyl (C=O) groups excluding carboxylic acids is 4. The van der Waals surface area contributed by atoms with Crippen molar-refractivity contribution in [2.75, 3.05) is 6.54 Å². The van der Waals surface area contributed by atoms with Crippen molar-refractivity contribution < 1.29 is 33.9 Å². The molecule has 0 aromatic carbocycles. The van der Waals surface area contributed by atoms with Crippen LogP contribution in [0.3, 0.4) is 0 Å². The van der Waals surface area contributed by atoms with Crippen LogP contribution in [0.1, 0.15) is 38.5 Å². The predicted molar refractivity (Wildman–Crippen MR) is 66.3 cm³/mol. The molecule has 0 aromatic heterocycles. The average Bonchev–Trinajstić information content (AvgIpc) is 2.73. The van der Waals surface area contributed by atoms with Gasteiger partial charge in [0.05, 0.1) is 6.42 Å². The summed E-state index contributed by atoms with van der Waals surface area (Å²) in [5, 5.41) is 11.3. The van der Waals surface area contributed by atoms with Gasteiger partial charge in [-0.1, -0.05) is 0 Å². The summed E-state index contributed by atoms with van der Waals surface area (Å²) in [7, 11) is 0. The number of hydroxylamine groups is 2. The van der Waals surface area contributed by atoms with Crippen LogP contribution in [0.5, 0.6) is 0 Å². The third kappa shape index (κ3) is 6.02. The Hall–Kier alpha value is -2.45. The third-order valence-electron chi connectivity index (χ3n) is 2.64. The lowest BCUT2D eigenvalue weighted by Crippen LogP contribution is -2.32. The number of rotatable bonds is 8. The summed E-state index contributed by atoms with van der Waals surface area (Å²) >= 11 is 0. The Balaban J connectivity index is 2.13. The van der Waals surface area contributed by atoms with Gasteiger partial charge in [0.1, 0.15) is 0 Å². The Morgan fingerprint density at radius 2 is 1.71 bits per heavy atom. The molecule has 0 spiro atoms. The van der Waals surface area contributed by atoms with Gasteiger partial charge in [0.25, 0.3) is 11.8 Å². The number of carboxylic acid groups (broad SMARTS) is 1. The van der Waals surface area contributed by atoms with E-state index in [1.165, 1.54) is 0 Å². The number of aliphatic carboxylic acids is 1. The number of nitrogens with zero attached hydrogens (tertiary/aromatic N) is 1. The van der Waals surface area contributed by atoms with E-state index in [0.29, 0.717) is 5.06 Å². The number of nitrogens with one attached hydrogen (secondary N) is 1. The summed E-state index contributed by atoms with van der Waals surface area (Å²) < 4.78 is 0. The lowest BCUT2D eigenvalue weighted by atomic mass is 10.3. The smallest absolute Gasteiger partial charge is 0.333 e. The van der Waals surface area contributed by atoms with E-state index < -0.39 is 29.7 Å². The standard InChI is InChI=1S/C12H16N2O7/c15-8(3-6-11(18)19)13-7-1-2-12(20)21-14-9(16)4-5-10(14)17/h1-7H2,(H,13,15)(H,18,19). The van der Waals surface area contributed by atoms with E-state index in [4.69, 9.17) is 5.11 Å². The highest BCUT2D eigenvalue weighted by Gasteiger charge is 2.32. The van der Waals surface area contributed by atoms with Crippen molar-refractivity contribution in [1.29, 1.82) is 0 Å². The summed E-state index contributed by atoms with van der Waals surface area (Å²) in [4.78, 5) is 59.8. The number of amides is 3. The Bertz CT molecular complexity index is 445. The first-order valence-electron chi connectivity index (χ1n) is 6.45. The quantitative estimate of drug-likeness (QED) is 0.450. The van der Waals surface area contributed by atoms with Crippen LogP contribution >= 0.6 is 0 Å². The van der Waals surface area contributed by atoms with Gasteiger partial charge >= 0.3 is 11.9 Å². The maximum atomic E-state index is 11.4. The van der Waals surface area contributed by atoms with Gasteiger partial charge in [-0.3, -0.25) is 19.2 Å². The molecule has 1 heterocycles. The Labute approximate surface area is 120 Å². The van der Waals surface area contributed by atoms with Gasteiger partial charge in [0.15, 0.2) is 0 Å². The zero-order valence-corrected chi connectivity index (χ0v) is 11.3. The van der Waals surface area contributed by atoms with Gasteiger partial charge in [0, 0.05) is 32.2 Å². The van der Waals surface area contributed by atoms with Crippen molar-refractivity contribution in [3.8, 4) is 0 Å². The number of carbonyl (C=O) groups is 5. The van der Waals surface area contributed by atoms with Crippen LogP contribution in [0.2, 0.25) is 0 Å². The van der Waals surface area contributed by atoms with Crippen molar-refractivity contribution >= 4 is 29.7 Å². The van der Waals surface area contributed by atoms with E-state index in [-0.39, 0.29) is 45.1 Å². The molecule has 0 aliphatic carbocycles. The molecule has 0 unspecified atom stereocenters. The maximum Gasteiger partial charge on any atom is 0.333 e. The maximum absolute atomic E-state index is 11.4. The number of hydrogen-bond donors (Lipinski definition) is 2. The molecule has 0 saturated carbocycles. The SMILES string of the molecule is O=C(O)CCC(=O)NCCCC(=O)ON1C(=O)CCC1=O. The van der Waals surface area contributed by atoms with Gasteiger partial charge in [0.2, 0.25) is 5.91 Å². The minimum Gasteiger partial charge on any atom is -0.481 e. The molecule has 1 aliphatic rings. The third-order valence-corrected chi connectivity index (χ3v) is 2.64. The fourth-order valence-corrected chi connectivity index (χ4v) is 1.57. The molecule has 1 aliphatic heterocycles. The number of imide groups is 1. The Morgan fingerprint density at radius 3 is 2.29 bits per heavy atom. The molecule has 116 valence electrons. The molecule has 0 atom stereocenters. The molecule has 21 heavy (non-hydrogen) atoms. The fraction of sp³-hybridized carbons (Fsp3) is 0.583. The summed E-state index contributed by atoms with van der Waals surface area (Å²) in [6.07, 6.45) is -0.134. The van der Waals surface area contributed by atoms with E-state index in [1.807, 2.05) is 0 Å². The van der Waals surface area contributed by atoms with Crippen molar-refractivity contribution in [3.05, 3.63) is 0 Å². The molecule has 3 amide bonds. The molecular formula is C12H16N2O7. The van der Waals surface area contributed by atoms with Crippen molar-refractivity contribution in [2.45, 2.75) is 38.5 Å². The first-order valence-corrected chi connectivity index (χ1v) is 6.45. The predicted octanol–water partition coefficient (Wildman–Crippen LogP) is -0.645. The van der Waals surface area contributed by atoms with Crippen LogP contribution in [0, 0.1) is 0 Å². The highest BCUT2D eigenvalue weighted by Crippen LogP contribution is 2.12. The first-order chi connectivity index (χ1) is 9.90. The van der Waals surface area contributed by atoms with Crippen molar-refractivity contribution in [3.63, 3.8) is 0 Å². The van der Waals surface area contributed by atoms with Crippen molar-refractivity contribution in [2.24, 2.45) is 0 Å². The lowest BCUT2D eigenvalue weighted by Gasteiger charge is -2.12. The number of carboxylic acids is 1. The molecule has 0 radical (unpaired) electrons. The largest absolute Gasteiger partial charge is 0.481 e. The molecule has 1 fully saturated rings. The van der Waals surface area contributed by atoms with Crippen LogP contribution in [0.25, 0.3) is 0 Å². The van der Waals surface area contributed by atoms with E-state index >= 15 is 0 Å². The minimum absolute atomic E-state index is 0.0335. The van der Waals surface area contributed by atoms with Gasteiger partial charge in [-0.15, -0.1) is 5.06 Å². The van der Waals surface area contributed by atoms with Crippen LogP contribution in [-0.2, 0) is 28.8 Å². The van der Waals surface area contributed by atoms with E-state index in [2.05, 4.69) is 10.2 Å². The van der Waals surface area contributed by atoms with Gasteiger partial charge in [-0.25, -0.2) is 4.79 Å². The van der Waals surface area contributed by atoms with E-state index in [0.717, 1.165) is 0 Å². The highest BCUT2D eigenvalue weighted by molar-refractivity contribution is 6.01. The molecular weight excluding hydrogens is 284 g/mol. The monoisotopic (exact) mass is 300 g/mol. The summed E-state index contributed by atoms with van der Waals surface area (Å²) in [6.45, 7) is 0.176. The van der Waals surface area contributed by atoms with Crippen LogP contribution < -0.4 is 5.32 Å². The Morgan fingerprint density at radius 1 is 1.10 bits per heavy atom.